The summed E-state index contributed by atoms with van der Waals surface area (Å²) in [7, 11) is 3.07. The van der Waals surface area contributed by atoms with Gasteiger partial charge in [0.15, 0.2) is 6.29 Å². The van der Waals surface area contributed by atoms with Crippen LogP contribution in [0.1, 0.15) is 37.7 Å². The molecule has 0 atom stereocenters. The Bertz CT molecular complexity index is 631. The minimum Gasteiger partial charge on any atom is -0.354 e. The first-order valence-corrected chi connectivity index (χ1v) is 10.7. The Morgan fingerprint density at radius 1 is 1.18 bits per heavy atom. The molecular weight excluding hydrogens is 424 g/mol. The van der Waals surface area contributed by atoms with Crippen LogP contribution in [0.2, 0.25) is 0 Å². The summed E-state index contributed by atoms with van der Waals surface area (Å²) < 4.78 is 11.5. The van der Waals surface area contributed by atoms with Gasteiger partial charge >= 0.3 is 0 Å². The lowest BCUT2D eigenvalue weighted by molar-refractivity contribution is -0.152. The minimum absolute atomic E-state index is 0.00353. The molecule has 2 rings (SSSR count). The zero-order valence-electron chi connectivity index (χ0n) is 16.8. The first-order chi connectivity index (χ1) is 13.5. The largest absolute Gasteiger partial charge is 0.354 e. The van der Waals surface area contributed by atoms with Crippen LogP contribution in [-0.4, -0.2) is 56.9 Å². The normalized spacial score (nSPS) is 14.9. The number of halogens is 1. The Kier molecular flexibility index (Phi) is 9.95. The smallest absolute Gasteiger partial charge is 0.239 e. The SMILES string of the molecule is COC(CN(CC(=O)NCCc1ccccc1Br)C(=O)C1CCCCC1)OC. The highest BCUT2D eigenvalue weighted by molar-refractivity contribution is 9.10. The van der Waals surface area contributed by atoms with Crippen LogP contribution in [0.4, 0.5) is 0 Å². The highest BCUT2D eigenvalue weighted by Crippen LogP contribution is 2.25. The number of carbonyl (C=O) groups is 2. The molecule has 0 aromatic heterocycles. The van der Waals surface area contributed by atoms with E-state index < -0.39 is 6.29 Å². The van der Waals surface area contributed by atoms with Crippen LogP contribution in [0.5, 0.6) is 0 Å². The number of methoxy groups -OCH3 is 2. The molecule has 1 aliphatic rings. The van der Waals surface area contributed by atoms with E-state index in [2.05, 4.69) is 21.2 Å². The predicted octanol–water partition coefficient (Wildman–Crippen LogP) is 3.14. The van der Waals surface area contributed by atoms with Crippen LogP contribution in [0.3, 0.4) is 0 Å². The van der Waals surface area contributed by atoms with E-state index in [9.17, 15) is 9.59 Å². The van der Waals surface area contributed by atoms with Gasteiger partial charge in [0.05, 0.1) is 13.1 Å². The van der Waals surface area contributed by atoms with Crippen molar-refractivity contribution in [3.05, 3.63) is 34.3 Å². The zero-order chi connectivity index (χ0) is 20.4. The quantitative estimate of drug-likeness (QED) is 0.551. The molecule has 2 amide bonds. The van der Waals surface area contributed by atoms with Gasteiger partial charge in [-0.3, -0.25) is 9.59 Å². The molecule has 7 heteroatoms. The van der Waals surface area contributed by atoms with Gasteiger partial charge in [-0.25, -0.2) is 0 Å². The van der Waals surface area contributed by atoms with Crippen molar-refractivity contribution in [1.82, 2.24) is 10.2 Å². The van der Waals surface area contributed by atoms with Crippen LogP contribution < -0.4 is 5.32 Å². The molecule has 0 unspecified atom stereocenters. The number of carbonyl (C=O) groups excluding carboxylic acids is 2. The summed E-state index contributed by atoms with van der Waals surface area (Å²) in [4.78, 5) is 27.0. The number of benzene rings is 1. The van der Waals surface area contributed by atoms with Crippen molar-refractivity contribution >= 4 is 27.7 Å². The number of nitrogens with zero attached hydrogens (tertiary/aromatic N) is 1. The third kappa shape index (κ3) is 7.18. The second kappa shape index (κ2) is 12.2. The number of amides is 2. The Labute approximate surface area is 176 Å². The molecule has 0 heterocycles. The third-order valence-corrected chi connectivity index (χ3v) is 5.94. The third-order valence-electron chi connectivity index (χ3n) is 5.17. The maximum Gasteiger partial charge on any atom is 0.239 e. The van der Waals surface area contributed by atoms with Crippen molar-refractivity contribution in [2.45, 2.75) is 44.8 Å². The fourth-order valence-electron chi connectivity index (χ4n) is 3.53. The lowest BCUT2D eigenvalue weighted by Crippen LogP contribution is -2.47. The van der Waals surface area contributed by atoms with E-state index in [0.717, 1.165) is 42.1 Å². The summed E-state index contributed by atoms with van der Waals surface area (Å²) in [6, 6.07) is 7.94. The maximum absolute atomic E-state index is 13.0. The molecule has 1 aromatic rings. The van der Waals surface area contributed by atoms with E-state index in [1.807, 2.05) is 24.3 Å². The second-order valence-corrected chi connectivity index (χ2v) is 8.00. The Balaban J connectivity index is 1.91. The van der Waals surface area contributed by atoms with Crippen LogP contribution >= 0.6 is 15.9 Å². The Morgan fingerprint density at radius 2 is 1.86 bits per heavy atom. The number of ether oxygens (including phenoxy) is 2. The molecule has 1 saturated carbocycles. The summed E-state index contributed by atoms with van der Waals surface area (Å²) >= 11 is 3.52. The highest BCUT2D eigenvalue weighted by Gasteiger charge is 2.29. The molecule has 1 aromatic carbocycles. The van der Waals surface area contributed by atoms with Gasteiger partial charge in [-0.2, -0.15) is 0 Å². The van der Waals surface area contributed by atoms with E-state index in [-0.39, 0.29) is 30.8 Å². The molecule has 1 fully saturated rings. The molecule has 0 saturated heterocycles. The topological polar surface area (TPSA) is 67.9 Å². The fraction of sp³-hybridized carbons (Fsp3) is 0.619. The van der Waals surface area contributed by atoms with Gasteiger partial charge in [-0.05, 0) is 30.9 Å². The highest BCUT2D eigenvalue weighted by atomic mass is 79.9. The summed E-state index contributed by atoms with van der Waals surface area (Å²) in [6.07, 6.45) is 5.29. The molecular formula is C21H31BrN2O4. The van der Waals surface area contributed by atoms with Gasteiger partial charge in [-0.15, -0.1) is 0 Å². The first kappa shape index (κ1) is 22.8. The number of nitrogens with one attached hydrogen (secondary N) is 1. The van der Waals surface area contributed by atoms with Crippen molar-refractivity contribution in [1.29, 1.82) is 0 Å². The van der Waals surface area contributed by atoms with E-state index >= 15 is 0 Å². The van der Waals surface area contributed by atoms with Gasteiger partial charge in [-0.1, -0.05) is 53.4 Å². The van der Waals surface area contributed by atoms with E-state index in [4.69, 9.17) is 9.47 Å². The summed E-state index contributed by atoms with van der Waals surface area (Å²) in [6.45, 7) is 0.791. The van der Waals surface area contributed by atoms with Crippen LogP contribution in [0, 0.1) is 5.92 Å². The number of hydrogen-bond donors (Lipinski definition) is 1. The van der Waals surface area contributed by atoms with Crippen molar-refractivity contribution in [2.75, 3.05) is 33.9 Å². The summed E-state index contributed by atoms with van der Waals surface area (Å²) in [5.74, 6) is -0.141. The standard InChI is InChI=1S/C21H31BrN2O4/c1-27-20(28-2)15-24(21(26)17-9-4-3-5-10-17)14-19(25)23-13-12-16-8-6-7-11-18(16)22/h6-8,11,17,20H,3-5,9-10,12-15H2,1-2H3,(H,23,25). The van der Waals surface area contributed by atoms with Gasteiger partial charge in [0.2, 0.25) is 11.8 Å². The monoisotopic (exact) mass is 454 g/mol. The van der Waals surface area contributed by atoms with Gasteiger partial charge in [0.25, 0.3) is 0 Å². The zero-order valence-corrected chi connectivity index (χ0v) is 18.4. The van der Waals surface area contributed by atoms with Crippen molar-refractivity contribution < 1.29 is 19.1 Å². The molecule has 0 radical (unpaired) electrons. The van der Waals surface area contributed by atoms with Crippen LogP contribution in [0.15, 0.2) is 28.7 Å². The van der Waals surface area contributed by atoms with Crippen LogP contribution in [-0.2, 0) is 25.5 Å². The average molecular weight is 455 g/mol. The van der Waals surface area contributed by atoms with E-state index in [1.165, 1.54) is 20.6 Å². The van der Waals surface area contributed by atoms with Crippen molar-refractivity contribution in [3.63, 3.8) is 0 Å². The molecule has 0 aliphatic heterocycles. The van der Waals surface area contributed by atoms with E-state index in [1.54, 1.807) is 4.90 Å². The molecule has 1 aliphatic carbocycles. The number of rotatable bonds is 10. The van der Waals surface area contributed by atoms with Crippen molar-refractivity contribution in [2.24, 2.45) is 5.92 Å². The second-order valence-electron chi connectivity index (χ2n) is 7.15. The lowest BCUT2D eigenvalue weighted by atomic mass is 9.88. The van der Waals surface area contributed by atoms with Crippen LogP contribution in [0.25, 0.3) is 0 Å². The van der Waals surface area contributed by atoms with Gasteiger partial charge in [0, 0.05) is 31.2 Å². The molecule has 0 bridgehead atoms. The summed E-state index contributed by atoms with van der Waals surface area (Å²) in [5.41, 5.74) is 1.14. The molecule has 6 nitrogen and oxygen atoms in total. The first-order valence-electron chi connectivity index (χ1n) is 9.89. The average Bonchev–Trinajstić information content (AvgIpc) is 2.72. The fourth-order valence-corrected chi connectivity index (χ4v) is 4.02. The van der Waals surface area contributed by atoms with Gasteiger partial charge < -0.3 is 19.7 Å². The molecule has 0 spiro atoms. The Hall–Kier alpha value is -1.44. The molecule has 156 valence electrons. The lowest BCUT2D eigenvalue weighted by Gasteiger charge is -2.30. The number of hydrogen-bond acceptors (Lipinski definition) is 4. The molecule has 1 N–H and O–H groups in total. The van der Waals surface area contributed by atoms with Crippen molar-refractivity contribution in [3.8, 4) is 0 Å². The van der Waals surface area contributed by atoms with E-state index in [0.29, 0.717) is 6.54 Å². The minimum atomic E-state index is -0.541. The Morgan fingerprint density at radius 3 is 2.50 bits per heavy atom. The van der Waals surface area contributed by atoms with Gasteiger partial charge in [0.1, 0.15) is 0 Å². The molecule has 28 heavy (non-hydrogen) atoms. The summed E-state index contributed by atoms with van der Waals surface area (Å²) in [5, 5.41) is 2.92. The predicted molar refractivity (Wildman–Crippen MR) is 112 cm³/mol. The maximum atomic E-state index is 13.0.